The number of carboxylic acid groups (broad SMARTS) is 1. The maximum atomic E-state index is 10.7. The summed E-state index contributed by atoms with van der Waals surface area (Å²) in [5, 5.41) is 12.1. The van der Waals surface area contributed by atoms with Crippen LogP contribution in [0, 0.1) is 5.92 Å². The molecule has 0 radical (unpaired) electrons. The van der Waals surface area contributed by atoms with Gasteiger partial charge in [-0.2, -0.15) is 0 Å². The minimum Gasteiger partial charge on any atom is -0.476 e. The Morgan fingerprint density at radius 2 is 2.28 bits per heavy atom. The number of rotatable bonds is 3. The second-order valence-electron chi connectivity index (χ2n) is 4.87. The summed E-state index contributed by atoms with van der Waals surface area (Å²) in [5.41, 5.74) is -0.0306. The lowest BCUT2D eigenvalue weighted by Crippen LogP contribution is -2.43. The van der Waals surface area contributed by atoms with Crippen LogP contribution in [0.1, 0.15) is 23.8 Å². The predicted octanol–water partition coefficient (Wildman–Crippen LogP) is 0.927. The molecule has 0 amide bonds. The van der Waals surface area contributed by atoms with Gasteiger partial charge < -0.3 is 15.3 Å². The molecule has 1 aliphatic heterocycles. The molecule has 98 valence electrons. The molecule has 6 heteroatoms. The Kier molecular flexibility index (Phi) is 3.76. The van der Waals surface area contributed by atoms with Crippen molar-refractivity contribution in [3.8, 4) is 0 Å². The first-order valence-corrected chi connectivity index (χ1v) is 6.06. The van der Waals surface area contributed by atoms with Crippen LogP contribution in [0.2, 0.25) is 0 Å². The van der Waals surface area contributed by atoms with Crippen molar-refractivity contribution in [2.75, 3.05) is 25.5 Å². The maximum Gasteiger partial charge on any atom is 0.356 e. The molecule has 1 fully saturated rings. The fourth-order valence-corrected chi connectivity index (χ4v) is 2.27. The highest BCUT2D eigenvalue weighted by atomic mass is 16.4. The zero-order chi connectivity index (χ0) is 13.1. The van der Waals surface area contributed by atoms with Gasteiger partial charge in [0.15, 0.2) is 5.69 Å². The van der Waals surface area contributed by atoms with Crippen LogP contribution < -0.4 is 5.32 Å². The molecule has 1 saturated heterocycles. The number of aromatic carboxylic acids is 1. The quantitative estimate of drug-likeness (QED) is 0.830. The molecule has 0 saturated carbocycles. The van der Waals surface area contributed by atoms with Crippen LogP contribution in [-0.2, 0) is 0 Å². The molecular formula is C12H18N4O2. The fourth-order valence-electron chi connectivity index (χ4n) is 2.27. The van der Waals surface area contributed by atoms with Crippen LogP contribution in [0.5, 0.6) is 0 Å². The van der Waals surface area contributed by atoms with Gasteiger partial charge in [-0.25, -0.2) is 14.8 Å². The van der Waals surface area contributed by atoms with Crippen LogP contribution in [-0.4, -0.2) is 52.1 Å². The van der Waals surface area contributed by atoms with Gasteiger partial charge in [0.1, 0.15) is 5.82 Å². The number of nitrogens with zero attached hydrogens (tertiary/aromatic N) is 3. The minimum atomic E-state index is -1.05. The van der Waals surface area contributed by atoms with Crippen molar-refractivity contribution >= 4 is 11.8 Å². The number of piperidine rings is 1. The normalized spacial score (nSPS) is 24.8. The lowest BCUT2D eigenvalue weighted by Gasteiger charge is -2.35. The molecule has 1 aromatic heterocycles. The minimum absolute atomic E-state index is 0.0306. The lowest BCUT2D eigenvalue weighted by atomic mass is 9.94. The Hall–Kier alpha value is -1.69. The summed E-state index contributed by atoms with van der Waals surface area (Å²) < 4.78 is 0. The summed E-state index contributed by atoms with van der Waals surface area (Å²) in [6.07, 6.45) is 3.82. The second-order valence-corrected chi connectivity index (χ2v) is 4.87. The average molecular weight is 250 g/mol. The van der Waals surface area contributed by atoms with Gasteiger partial charge in [-0.15, -0.1) is 0 Å². The van der Waals surface area contributed by atoms with Crippen LogP contribution in [0.25, 0.3) is 0 Å². The van der Waals surface area contributed by atoms with Gasteiger partial charge in [-0.3, -0.25) is 0 Å². The van der Waals surface area contributed by atoms with E-state index < -0.39 is 5.97 Å². The molecular weight excluding hydrogens is 232 g/mol. The Bertz CT molecular complexity index is 421. The molecule has 0 aliphatic carbocycles. The summed E-state index contributed by atoms with van der Waals surface area (Å²) in [6.45, 7) is 4.31. The van der Waals surface area contributed by atoms with E-state index in [0.29, 0.717) is 17.8 Å². The van der Waals surface area contributed by atoms with Gasteiger partial charge in [0.05, 0.1) is 12.4 Å². The smallest absolute Gasteiger partial charge is 0.356 e. The first kappa shape index (κ1) is 12.8. The molecule has 1 aromatic rings. The van der Waals surface area contributed by atoms with Gasteiger partial charge >= 0.3 is 5.97 Å². The molecule has 0 spiro atoms. The van der Waals surface area contributed by atoms with E-state index in [4.69, 9.17) is 5.11 Å². The first-order valence-electron chi connectivity index (χ1n) is 6.06. The molecule has 18 heavy (non-hydrogen) atoms. The van der Waals surface area contributed by atoms with E-state index in [1.165, 1.54) is 12.4 Å². The zero-order valence-corrected chi connectivity index (χ0v) is 10.6. The topological polar surface area (TPSA) is 78.4 Å². The Morgan fingerprint density at radius 1 is 1.50 bits per heavy atom. The highest BCUT2D eigenvalue weighted by molar-refractivity contribution is 5.84. The number of hydrogen-bond donors (Lipinski definition) is 2. The van der Waals surface area contributed by atoms with Crippen molar-refractivity contribution in [2.24, 2.45) is 5.92 Å². The van der Waals surface area contributed by atoms with E-state index in [9.17, 15) is 4.79 Å². The number of nitrogens with one attached hydrogen (secondary N) is 1. The van der Waals surface area contributed by atoms with Crippen LogP contribution in [0.15, 0.2) is 12.4 Å². The molecule has 2 heterocycles. The third-order valence-corrected chi connectivity index (χ3v) is 3.31. The summed E-state index contributed by atoms with van der Waals surface area (Å²) in [5.74, 6) is 0.118. The molecule has 2 atom stereocenters. The van der Waals surface area contributed by atoms with Crippen LogP contribution in [0.3, 0.4) is 0 Å². The van der Waals surface area contributed by atoms with E-state index in [-0.39, 0.29) is 5.69 Å². The number of carbonyl (C=O) groups is 1. The molecule has 2 N–H and O–H groups in total. The number of carboxylic acids is 1. The molecule has 2 rings (SSSR count). The molecule has 0 aromatic carbocycles. The SMILES string of the molecule is CC1CN(C)CCC1Nc1cnc(C(=O)O)cn1. The van der Waals surface area contributed by atoms with E-state index in [2.05, 4.69) is 34.2 Å². The van der Waals surface area contributed by atoms with Gasteiger partial charge in [0, 0.05) is 12.6 Å². The van der Waals surface area contributed by atoms with Crippen molar-refractivity contribution in [3.05, 3.63) is 18.1 Å². The van der Waals surface area contributed by atoms with Gasteiger partial charge in [-0.1, -0.05) is 6.92 Å². The predicted molar refractivity (Wildman–Crippen MR) is 67.7 cm³/mol. The van der Waals surface area contributed by atoms with E-state index >= 15 is 0 Å². The second kappa shape index (κ2) is 5.30. The number of aromatic nitrogens is 2. The Morgan fingerprint density at radius 3 is 2.83 bits per heavy atom. The largest absolute Gasteiger partial charge is 0.476 e. The summed E-state index contributed by atoms with van der Waals surface area (Å²) >= 11 is 0. The highest BCUT2D eigenvalue weighted by Gasteiger charge is 2.24. The zero-order valence-electron chi connectivity index (χ0n) is 10.6. The van der Waals surface area contributed by atoms with Crippen molar-refractivity contribution in [1.29, 1.82) is 0 Å². The fraction of sp³-hybridized carbons (Fsp3) is 0.583. The number of anilines is 1. The molecule has 2 unspecified atom stereocenters. The number of likely N-dealkylation sites (tertiary alicyclic amines) is 1. The van der Waals surface area contributed by atoms with Crippen molar-refractivity contribution in [1.82, 2.24) is 14.9 Å². The van der Waals surface area contributed by atoms with Gasteiger partial charge in [-0.05, 0) is 25.9 Å². The molecule has 6 nitrogen and oxygen atoms in total. The Labute approximate surface area is 106 Å². The van der Waals surface area contributed by atoms with Crippen LogP contribution in [0.4, 0.5) is 5.82 Å². The van der Waals surface area contributed by atoms with E-state index in [1.807, 2.05) is 0 Å². The number of hydrogen-bond acceptors (Lipinski definition) is 5. The van der Waals surface area contributed by atoms with Crippen molar-refractivity contribution in [3.63, 3.8) is 0 Å². The van der Waals surface area contributed by atoms with Crippen molar-refractivity contribution in [2.45, 2.75) is 19.4 Å². The third-order valence-electron chi connectivity index (χ3n) is 3.31. The van der Waals surface area contributed by atoms with Gasteiger partial charge in [0.25, 0.3) is 0 Å². The van der Waals surface area contributed by atoms with Crippen LogP contribution >= 0.6 is 0 Å². The molecule has 1 aliphatic rings. The van der Waals surface area contributed by atoms with E-state index in [1.54, 1.807) is 0 Å². The highest BCUT2D eigenvalue weighted by Crippen LogP contribution is 2.18. The first-order chi connectivity index (χ1) is 8.56. The maximum absolute atomic E-state index is 10.7. The lowest BCUT2D eigenvalue weighted by molar-refractivity contribution is 0.0690. The average Bonchev–Trinajstić information content (AvgIpc) is 2.33. The summed E-state index contributed by atoms with van der Waals surface area (Å²) in [4.78, 5) is 20.9. The summed E-state index contributed by atoms with van der Waals surface area (Å²) in [6, 6.07) is 0.367. The van der Waals surface area contributed by atoms with Gasteiger partial charge in [0.2, 0.25) is 0 Å². The van der Waals surface area contributed by atoms with E-state index in [0.717, 1.165) is 19.5 Å². The molecule has 0 bridgehead atoms. The van der Waals surface area contributed by atoms with Crippen molar-refractivity contribution < 1.29 is 9.90 Å². The monoisotopic (exact) mass is 250 g/mol. The third kappa shape index (κ3) is 2.95. The summed E-state index contributed by atoms with van der Waals surface area (Å²) in [7, 11) is 2.12. The Balaban J connectivity index is 1.99. The standard InChI is InChI=1S/C12H18N4O2/c1-8-7-16(2)4-3-9(8)15-11-6-13-10(5-14-11)12(17)18/h5-6,8-9H,3-4,7H2,1-2H3,(H,14,15)(H,17,18).